The van der Waals surface area contributed by atoms with E-state index < -0.39 is 0 Å². The van der Waals surface area contributed by atoms with Crippen LogP contribution in [0.5, 0.6) is 0 Å². The van der Waals surface area contributed by atoms with Crippen LogP contribution in [-0.4, -0.2) is 34.7 Å². The van der Waals surface area contributed by atoms with Crippen molar-refractivity contribution in [2.75, 3.05) is 13.2 Å². The first-order valence-electron chi connectivity index (χ1n) is 6.91. The summed E-state index contributed by atoms with van der Waals surface area (Å²) in [6.45, 7) is 3.32. The minimum absolute atomic E-state index is 0.0423. The zero-order valence-electron chi connectivity index (χ0n) is 12.2. The van der Waals surface area contributed by atoms with Crippen LogP contribution >= 0.6 is 0 Å². The van der Waals surface area contributed by atoms with Gasteiger partial charge in [0.2, 0.25) is 0 Å². The zero-order chi connectivity index (χ0) is 15.4. The Hall–Kier alpha value is -2.20. The minimum Gasteiger partial charge on any atom is -0.395 e. The van der Waals surface area contributed by atoms with Crippen molar-refractivity contribution in [2.45, 2.75) is 19.8 Å². The normalized spacial score (nSPS) is 15.5. The van der Waals surface area contributed by atoms with Crippen molar-refractivity contribution >= 4 is 11.6 Å². The first kappa shape index (κ1) is 15.2. The van der Waals surface area contributed by atoms with Crippen LogP contribution in [0.15, 0.2) is 53.9 Å². The maximum absolute atomic E-state index is 12.0. The molecule has 4 heteroatoms. The van der Waals surface area contributed by atoms with Crippen molar-refractivity contribution in [1.29, 1.82) is 0 Å². The molecule has 0 fully saturated rings. The number of nitrogens with zero attached hydrogens (tertiary/aromatic N) is 1. The Bertz CT molecular complexity index is 570. The highest BCUT2D eigenvalue weighted by molar-refractivity contribution is 6.02. The molecular formula is C17H19NO3. The van der Waals surface area contributed by atoms with Gasteiger partial charge in [-0.15, -0.1) is 0 Å². The highest BCUT2D eigenvalue weighted by Crippen LogP contribution is 2.36. The summed E-state index contributed by atoms with van der Waals surface area (Å²) in [6.07, 6.45) is 3.45. The maximum atomic E-state index is 12.0. The Labute approximate surface area is 124 Å². The maximum Gasteiger partial charge on any atom is 0.158 e. The molecule has 1 aliphatic heterocycles. The molecule has 0 spiro atoms. The topological polar surface area (TPSA) is 57.6 Å². The number of carbonyl (C=O) groups excluding carboxylic acids is 2. The Balaban J connectivity index is 2.52. The fraction of sp³-hybridized carbons (Fsp3) is 0.294. The lowest BCUT2D eigenvalue weighted by molar-refractivity contribution is -0.114. The highest BCUT2D eigenvalue weighted by Gasteiger charge is 2.30. The number of rotatable bonds is 5. The molecule has 1 aromatic rings. The number of benzene rings is 1. The molecule has 1 aromatic carbocycles. The van der Waals surface area contributed by atoms with Gasteiger partial charge in [-0.3, -0.25) is 9.59 Å². The van der Waals surface area contributed by atoms with Gasteiger partial charge in [0.05, 0.1) is 6.61 Å². The van der Waals surface area contributed by atoms with E-state index in [9.17, 15) is 9.59 Å². The van der Waals surface area contributed by atoms with Gasteiger partial charge in [-0.25, -0.2) is 0 Å². The van der Waals surface area contributed by atoms with Crippen LogP contribution in [0.1, 0.15) is 25.3 Å². The molecular weight excluding hydrogens is 266 g/mol. The van der Waals surface area contributed by atoms with E-state index in [0.717, 1.165) is 5.56 Å². The lowest BCUT2D eigenvalue weighted by Crippen LogP contribution is -2.27. The quantitative estimate of drug-likeness (QED) is 0.899. The van der Waals surface area contributed by atoms with E-state index in [1.165, 1.54) is 13.8 Å². The van der Waals surface area contributed by atoms with Crippen LogP contribution < -0.4 is 0 Å². The Morgan fingerprint density at radius 2 is 1.57 bits per heavy atom. The summed E-state index contributed by atoms with van der Waals surface area (Å²) in [6, 6.07) is 9.52. The third-order valence-corrected chi connectivity index (χ3v) is 3.54. The summed E-state index contributed by atoms with van der Waals surface area (Å²) in [4.78, 5) is 25.7. The van der Waals surface area contributed by atoms with Gasteiger partial charge in [0.15, 0.2) is 11.6 Å². The number of β-amino-alcohol motifs (C(OH)–C–C–N with tert-alkyl or cyclic N) is 1. The predicted molar refractivity (Wildman–Crippen MR) is 80.5 cm³/mol. The van der Waals surface area contributed by atoms with E-state index in [4.69, 9.17) is 5.11 Å². The summed E-state index contributed by atoms with van der Waals surface area (Å²) in [7, 11) is 0. The van der Waals surface area contributed by atoms with Crippen LogP contribution in [0.4, 0.5) is 0 Å². The molecule has 0 amide bonds. The Kier molecular flexibility index (Phi) is 4.70. The fourth-order valence-electron chi connectivity index (χ4n) is 2.55. The molecule has 2 rings (SSSR count). The second kappa shape index (κ2) is 6.50. The standard InChI is InChI=1S/C17H19NO3/c1-12(20)15-10-18(8-9-19)11-16(13(2)21)17(15)14-6-4-3-5-7-14/h3-7,10-11,17,19H,8-9H2,1-2H3. The van der Waals surface area contributed by atoms with Gasteiger partial charge in [-0.1, -0.05) is 30.3 Å². The molecule has 0 saturated heterocycles. The van der Waals surface area contributed by atoms with Crippen LogP contribution in [0.3, 0.4) is 0 Å². The highest BCUT2D eigenvalue weighted by atomic mass is 16.3. The van der Waals surface area contributed by atoms with Crippen molar-refractivity contribution < 1.29 is 14.7 Å². The molecule has 0 atom stereocenters. The summed E-state index contributed by atoms with van der Waals surface area (Å²) < 4.78 is 0. The number of aliphatic hydroxyl groups is 1. The SMILES string of the molecule is CC(=O)C1=CN(CCO)C=C(C(C)=O)C1c1ccccc1. The van der Waals surface area contributed by atoms with Crippen molar-refractivity contribution in [2.24, 2.45) is 0 Å². The molecule has 0 aromatic heterocycles. The van der Waals surface area contributed by atoms with Gasteiger partial charge in [0.1, 0.15) is 0 Å². The van der Waals surface area contributed by atoms with E-state index in [1.807, 2.05) is 30.3 Å². The molecule has 0 saturated carbocycles. The van der Waals surface area contributed by atoms with Crippen molar-refractivity contribution in [3.63, 3.8) is 0 Å². The van der Waals surface area contributed by atoms with Crippen LogP contribution in [0, 0.1) is 0 Å². The lowest BCUT2D eigenvalue weighted by atomic mass is 9.80. The smallest absolute Gasteiger partial charge is 0.158 e. The van der Waals surface area contributed by atoms with Crippen molar-refractivity contribution in [1.82, 2.24) is 4.90 Å². The molecule has 0 aliphatic carbocycles. The predicted octanol–water partition coefficient (Wildman–Crippen LogP) is 2.02. The van der Waals surface area contributed by atoms with Gasteiger partial charge in [0, 0.05) is 36.0 Å². The third kappa shape index (κ3) is 3.28. The number of hydrogen-bond acceptors (Lipinski definition) is 4. The zero-order valence-corrected chi connectivity index (χ0v) is 12.2. The summed E-state index contributed by atoms with van der Waals surface area (Å²) in [5.74, 6) is -0.478. The number of ketones is 2. The Morgan fingerprint density at radius 1 is 1.05 bits per heavy atom. The van der Waals surface area contributed by atoms with Crippen LogP contribution in [-0.2, 0) is 9.59 Å². The number of allylic oxidation sites excluding steroid dienone is 2. The van der Waals surface area contributed by atoms with Gasteiger partial charge >= 0.3 is 0 Å². The number of hydrogen-bond donors (Lipinski definition) is 1. The summed E-state index contributed by atoms with van der Waals surface area (Å²) in [5.41, 5.74) is 2.06. The largest absolute Gasteiger partial charge is 0.395 e. The number of aliphatic hydroxyl groups excluding tert-OH is 1. The summed E-state index contributed by atoms with van der Waals surface area (Å²) in [5, 5.41) is 9.08. The van der Waals surface area contributed by atoms with Gasteiger partial charge < -0.3 is 10.0 Å². The number of Topliss-reactive ketones (excluding diaryl/α,β-unsaturated/α-hetero) is 2. The van der Waals surface area contributed by atoms with Crippen molar-refractivity contribution in [3.05, 3.63) is 59.4 Å². The molecule has 21 heavy (non-hydrogen) atoms. The summed E-state index contributed by atoms with van der Waals surface area (Å²) >= 11 is 0. The van der Waals surface area contributed by atoms with E-state index >= 15 is 0 Å². The second-order valence-corrected chi connectivity index (χ2v) is 5.09. The first-order chi connectivity index (χ1) is 10.0. The molecule has 0 unspecified atom stereocenters. The van der Waals surface area contributed by atoms with Crippen LogP contribution in [0.25, 0.3) is 0 Å². The van der Waals surface area contributed by atoms with Gasteiger partial charge in [0.25, 0.3) is 0 Å². The molecule has 1 aliphatic rings. The third-order valence-electron chi connectivity index (χ3n) is 3.54. The monoisotopic (exact) mass is 285 g/mol. The van der Waals surface area contributed by atoms with Gasteiger partial charge in [-0.2, -0.15) is 0 Å². The average Bonchev–Trinajstić information content (AvgIpc) is 2.47. The first-order valence-corrected chi connectivity index (χ1v) is 6.91. The molecule has 4 nitrogen and oxygen atoms in total. The van der Waals surface area contributed by atoms with E-state index in [-0.39, 0.29) is 24.1 Å². The molecule has 1 heterocycles. The molecule has 0 bridgehead atoms. The van der Waals surface area contributed by atoms with E-state index in [0.29, 0.717) is 17.7 Å². The van der Waals surface area contributed by atoms with Crippen molar-refractivity contribution in [3.8, 4) is 0 Å². The average molecular weight is 285 g/mol. The lowest BCUT2D eigenvalue weighted by Gasteiger charge is -2.30. The molecule has 110 valence electrons. The fourth-order valence-corrected chi connectivity index (χ4v) is 2.55. The van der Waals surface area contributed by atoms with Crippen LogP contribution in [0.2, 0.25) is 0 Å². The molecule has 0 radical (unpaired) electrons. The van der Waals surface area contributed by atoms with E-state index in [2.05, 4.69) is 0 Å². The second-order valence-electron chi connectivity index (χ2n) is 5.09. The van der Waals surface area contributed by atoms with E-state index in [1.54, 1.807) is 17.3 Å². The Morgan fingerprint density at radius 3 is 2.00 bits per heavy atom. The number of carbonyl (C=O) groups is 2. The van der Waals surface area contributed by atoms with Gasteiger partial charge in [-0.05, 0) is 19.4 Å². The molecule has 1 N–H and O–H groups in total. The minimum atomic E-state index is -0.337.